The number of nitrogens with zero attached hydrogens (tertiary/aromatic N) is 1. The molecule has 0 aliphatic heterocycles. The first-order valence-corrected chi connectivity index (χ1v) is 11.4. The molecule has 0 bridgehead atoms. The van der Waals surface area contributed by atoms with Crippen molar-refractivity contribution in [2.45, 2.75) is 18.0 Å². The van der Waals surface area contributed by atoms with Crippen molar-refractivity contribution in [1.29, 1.82) is 0 Å². The minimum atomic E-state index is -3.69. The minimum absolute atomic E-state index is 0.0496. The number of hydrogen-bond donors (Lipinski definition) is 1. The van der Waals surface area contributed by atoms with E-state index in [1.54, 1.807) is 55.6 Å². The highest BCUT2D eigenvalue weighted by molar-refractivity contribution is 7.89. The number of methoxy groups -OCH3 is 2. The van der Waals surface area contributed by atoms with Crippen LogP contribution in [-0.2, 0) is 23.1 Å². The molecule has 0 radical (unpaired) electrons. The molecule has 1 amide bonds. The number of carbonyl (C=O) groups excluding carboxylic acids is 1. The fourth-order valence-corrected chi connectivity index (χ4v) is 4.44. The van der Waals surface area contributed by atoms with Crippen LogP contribution in [-0.4, -0.2) is 39.9 Å². The molecule has 0 aliphatic rings. The molecular formula is C24H26N2O5S. The lowest BCUT2D eigenvalue weighted by atomic mass is 10.1. The number of ether oxygens (including phenoxy) is 2. The second-order valence-electron chi connectivity index (χ2n) is 7.10. The molecule has 32 heavy (non-hydrogen) atoms. The number of rotatable bonds is 9. The Morgan fingerprint density at radius 1 is 0.875 bits per heavy atom. The minimum Gasteiger partial charge on any atom is -0.496 e. The van der Waals surface area contributed by atoms with Crippen LogP contribution in [0.25, 0.3) is 0 Å². The van der Waals surface area contributed by atoms with Crippen LogP contribution in [0.4, 0.5) is 0 Å². The third kappa shape index (κ3) is 5.27. The predicted octanol–water partition coefficient (Wildman–Crippen LogP) is 3.45. The summed E-state index contributed by atoms with van der Waals surface area (Å²) in [6.45, 7) is 0.348. The van der Waals surface area contributed by atoms with Gasteiger partial charge in [0.15, 0.2) is 0 Å². The molecule has 168 valence electrons. The molecule has 0 heterocycles. The zero-order valence-corrected chi connectivity index (χ0v) is 19.1. The van der Waals surface area contributed by atoms with Gasteiger partial charge in [-0.25, -0.2) is 8.42 Å². The van der Waals surface area contributed by atoms with Gasteiger partial charge in [-0.2, -0.15) is 4.31 Å². The molecule has 0 spiro atoms. The van der Waals surface area contributed by atoms with Crippen molar-refractivity contribution in [3.63, 3.8) is 0 Å². The van der Waals surface area contributed by atoms with E-state index in [0.717, 1.165) is 5.56 Å². The number of para-hydroxylation sites is 1. The SMILES string of the molecule is COc1ccccc1CNC(=O)c1ccc(OC)c(CN(C)S(=O)(=O)c2ccccc2)c1. The molecule has 0 saturated heterocycles. The van der Waals surface area contributed by atoms with Gasteiger partial charge in [0.05, 0.1) is 19.1 Å². The second kappa shape index (κ2) is 10.3. The van der Waals surface area contributed by atoms with Gasteiger partial charge in [0.25, 0.3) is 5.91 Å². The lowest BCUT2D eigenvalue weighted by Crippen LogP contribution is -2.27. The molecule has 0 saturated carbocycles. The van der Waals surface area contributed by atoms with E-state index in [2.05, 4.69) is 5.32 Å². The number of sulfonamides is 1. The van der Waals surface area contributed by atoms with E-state index in [9.17, 15) is 13.2 Å². The van der Waals surface area contributed by atoms with Crippen molar-refractivity contribution in [3.05, 3.63) is 89.5 Å². The zero-order chi connectivity index (χ0) is 23.1. The summed E-state index contributed by atoms with van der Waals surface area (Å²) >= 11 is 0. The van der Waals surface area contributed by atoms with Gasteiger partial charge in [-0.05, 0) is 36.4 Å². The number of carbonyl (C=O) groups is 1. The lowest BCUT2D eigenvalue weighted by molar-refractivity contribution is 0.0950. The summed E-state index contributed by atoms with van der Waals surface area (Å²) in [5.41, 5.74) is 1.84. The van der Waals surface area contributed by atoms with Crippen LogP contribution in [0.1, 0.15) is 21.5 Å². The van der Waals surface area contributed by atoms with E-state index in [1.807, 2.05) is 24.3 Å². The predicted molar refractivity (Wildman–Crippen MR) is 122 cm³/mol. The van der Waals surface area contributed by atoms with Crippen molar-refractivity contribution >= 4 is 15.9 Å². The number of hydrogen-bond acceptors (Lipinski definition) is 5. The average Bonchev–Trinajstić information content (AvgIpc) is 2.83. The van der Waals surface area contributed by atoms with E-state index in [1.165, 1.54) is 18.5 Å². The van der Waals surface area contributed by atoms with E-state index >= 15 is 0 Å². The summed E-state index contributed by atoms with van der Waals surface area (Å²) in [6, 6.07) is 20.6. The van der Waals surface area contributed by atoms with Crippen LogP contribution in [0.15, 0.2) is 77.7 Å². The average molecular weight is 455 g/mol. The van der Waals surface area contributed by atoms with Gasteiger partial charge >= 0.3 is 0 Å². The Balaban J connectivity index is 1.78. The van der Waals surface area contributed by atoms with Gasteiger partial charge in [0, 0.05) is 36.8 Å². The van der Waals surface area contributed by atoms with Gasteiger partial charge in [-0.15, -0.1) is 0 Å². The molecule has 0 aliphatic carbocycles. The van der Waals surface area contributed by atoms with E-state index in [0.29, 0.717) is 29.2 Å². The van der Waals surface area contributed by atoms with Crippen molar-refractivity contribution < 1.29 is 22.7 Å². The first-order chi connectivity index (χ1) is 15.4. The Hall–Kier alpha value is -3.36. The first kappa shape index (κ1) is 23.3. The molecule has 3 aromatic carbocycles. The Morgan fingerprint density at radius 3 is 2.19 bits per heavy atom. The van der Waals surface area contributed by atoms with E-state index in [-0.39, 0.29) is 17.3 Å². The molecule has 0 atom stereocenters. The number of nitrogens with one attached hydrogen (secondary N) is 1. The molecular weight excluding hydrogens is 428 g/mol. The normalized spacial score (nSPS) is 11.2. The zero-order valence-electron chi connectivity index (χ0n) is 18.2. The van der Waals surface area contributed by atoms with Crippen LogP contribution in [0.3, 0.4) is 0 Å². The quantitative estimate of drug-likeness (QED) is 0.535. The van der Waals surface area contributed by atoms with Gasteiger partial charge in [-0.3, -0.25) is 4.79 Å². The smallest absolute Gasteiger partial charge is 0.251 e. The second-order valence-corrected chi connectivity index (χ2v) is 9.14. The summed E-state index contributed by atoms with van der Waals surface area (Å²) in [4.78, 5) is 13.0. The summed E-state index contributed by atoms with van der Waals surface area (Å²) in [6.07, 6.45) is 0. The fraction of sp³-hybridized carbons (Fsp3) is 0.208. The van der Waals surface area contributed by atoms with Crippen molar-refractivity contribution in [3.8, 4) is 11.5 Å². The fourth-order valence-electron chi connectivity index (χ4n) is 3.27. The van der Waals surface area contributed by atoms with Crippen LogP contribution in [0.5, 0.6) is 11.5 Å². The molecule has 3 rings (SSSR count). The maximum Gasteiger partial charge on any atom is 0.251 e. The highest BCUT2D eigenvalue weighted by Gasteiger charge is 2.22. The Labute approximate surface area is 188 Å². The molecule has 0 unspecified atom stereocenters. The van der Waals surface area contributed by atoms with Crippen LogP contribution < -0.4 is 14.8 Å². The largest absolute Gasteiger partial charge is 0.496 e. The highest BCUT2D eigenvalue weighted by Crippen LogP contribution is 2.24. The summed E-state index contributed by atoms with van der Waals surface area (Å²) < 4.78 is 37.7. The number of benzene rings is 3. The standard InChI is InChI=1S/C24H26N2O5S/c1-26(32(28,29)21-10-5-4-6-11-21)17-20-15-18(13-14-23(20)31-3)24(27)25-16-19-9-7-8-12-22(19)30-2/h4-15H,16-17H2,1-3H3,(H,25,27). The molecule has 7 nitrogen and oxygen atoms in total. The lowest BCUT2D eigenvalue weighted by Gasteiger charge is -2.19. The van der Waals surface area contributed by atoms with Crippen molar-refractivity contribution in [2.75, 3.05) is 21.3 Å². The van der Waals surface area contributed by atoms with Crippen LogP contribution >= 0.6 is 0 Å². The number of amides is 1. The molecule has 0 aromatic heterocycles. The third-order valence-electron chi connectivity index (χ3n) is 5.02. The van der Waals surface area contributed by atoms with Crippen LogP contribution in [0.2, 0.25) is 0 Å². The summed E-state index contributed by atoms with van der Waals surface area (Å²) in [7, 11) is 0.896. The Morgan fingerprint density at radius 2 is 1.50 bits per heavy atom. The Bertz CT molecular complexity index is 1180. The molecule has 1 N–H and O–H groups in total. The maximum atomic E-state index is 12.9. The van der Waals surface area contributed by atoms with E-state index < -0.39 is 10.0 Å². The van der Waals surface area contributed by atoms with Crippen LogP contribution in [0, 0.1) is 0 Å². The maximum absolute atomic E-state index is 12.9. The topological polar surface area (TPSA) is 84.9 Å². The van der Waals surface area contributed by atoms with Gasteiger partial charge in [-0.1, -0.05) is 36.4 Å². The van der Waals surface area contributed by atoms with Gasteiger partial charge < -0.3 is 14.8 Å². The molecule has 3 aromatic rings. The van der Waals surface area contributed by atoms with Gasteiger partial charge in [0.2, 0.25) is 10.0 Å². The highest BCUT2D eigenvalue weighted by atomic mass is 32.2. The van der Waals surface area contributed by atoms with Crippen molar-refractivity contribution in [1.82, 2.24) is 9.62 Å². The first-order valence-electron chi connectivity index (χ1n) is 9.95. The monoisotopic (exact) mass is 454 g/mol. The van der Waals surface area contributed by atoms with Crippen molar-refractivity contribution in [2.24, 2.45) is 0 Å². The summed E-state index contributed by atoms with van der Waals surface area (Å²) in [5, 5.41) is 2.87. The molecule has 0 fully saturated rings. The molecule has 8 heteroatoms. The van der Waals surface area contributed by atoms with Gasteiger partial charge in [0.1, 0.15) is 11.5 Å². The Kier molecular flexibility index (Phi) is 7.50. The third-order valence-corrected chi connectivity index (χ3v) is 6.84. The van der Waals surface area contributed by atoms with E-state index in [4.69, 9.17) is 9.47 Å². The summed E-state index contributed by atoms with van der Waals surface area (Å²) in [5.74, 6) is 0.908.